The van der Waals surface area contributed by atoms with Gasteiger partial charge < -0.3 is 9.30 Å². The number of benzene rings is 2. The minimum absolute atomic E-state index is 0.111. The molecule has 2 atom stereocenters. The summed E-state index contributed by atoms with van der Waals surface area (Å²) in [6.45, 7) is 4.23. The van der Waals surface area contributed by atoms with E-state index in [1.54, 1.807) is 19.2 Å². The summed E-state index contributed by atoms with van der Waals surface area (Å²) < 4.78 is 49.2. The van der Waals surface area contributed by atoms with E-state index >= 15 is 0 Å². The van der Waals surface area contributed by atoms with Crippen LogP contribution in [0, 0.1) is 5.82 Å². The number of carbonyl (C=O) groups is 1. The maximum absolute atomic E-state index is 14.1. The van der Waals surface area contributed by atoms with Crippen molar-refractivity contribution in [1.29, 1.82) is 0 Å². The van der Waals surface area contributed by atoms with Gasteiger partial charge in [-0.1, -0.05) is 17.4 Å². The van der Waals surface area contributed by atoms with Crippen LogP contribution in [0.4, 0.5) is 4.39 Å². The lowest BCUT2D eigenvalue weighted by Gasteiger charge is -2.34. The topological polar surface area (TPSA) is 81.0 Å². The first kappa shape index (κ1) is 21.8. The van der Waals surface area contributed by atoms with E-state index in [0.717, 1.165) is 0 Å². The molecule has 3 aromatic rings. The maximum atomic E-state index is 14.1. The molecule has 7 nitrogen and oxygen atoms in total. The molecule has 4 rings (SSSR count). The Balaban J connectivity index is 1.61. The van der Waals surface area contributed by atoms with Crippen LogP contribution in [0.5, 0.6) is 0 Å². The van der Waals surface area contributed by atoms with E-state index in [4.69, 9.17) is 4.74 Å². The van der Waals surface area contributed by atoms with Gasteiger partial charge >= 0.3 is 0 Å². The number of halogens is 1. The maximum Gasteiger partial charge on any atom is 0.279 e. The van der Waals surface area contributed by atoms with Gasteiger partial charge in [0.15, 0.2) is 4.80 Å². The molecule has 0 N–H and O–H groups in total. The molecule has 2 heterocycles. The minimum atomic E-state index is -3.69. The van der Waals surface area contributed by atoms with E-state index in [1.165, 1.54) is 50.5 Å². The highest BCUT2D eigenvalue weighted by Gasteiger charge is 2.32. The molecule has 0 unspecified atom stereocenters. The highest BCUT2D eigenvalue weighted by Crippen LogP contribution is 2.22. The second-order valence-corrected chi connectivity index (χ2v) is 10.5. The number of morpholine rings is 1. The fraction of sp³-hybridized carbons (Fsp3) is 0.333. The monoisotopic (exact) mass is 463 g/mol. The van der Waals surface area contributed by atoms with Gasteiger partial charge in [-0.05, 0) is 50.2 Å². The predicted molar refractivity (Wildman–Crippen MR) is 116 cm³/mol. The van der Waals surface area contributed by atoms with Gasteiger partial charge in [-0.2, -0.15) is 9.30 Å². The van der Waals surface area contributed by atoms with Gasteiger partial charge in [0.1, 0.15) is 5.82 Å². The highest BCUT2D eigenvalue weighted by atomic mass is 32.2. The van der Waals surface area contributed by atoms with Gasteiger partial charge in [-0.3, -0.25) is 4.79 Å². The summed E-state index contributed by atoms with van der Waals surface area (Å²) in [4.78, 5) is 17.2. The number of amides is 1. The Labute approximate surface area is 183 Å². The number of aryl methyl sites for hydroxylation is 1. The molecular formula is C21H22FN3O4S2. The number of hydrogen-bond donors (Lipinski definition) is 0. The molecule has 1 amide bonds. The standard InChI is InChI=1S/C21H22FN3O4S2/c1-13-11-25(12-14(2)29-13)31(27,28)16-9-7-15(8-10-16)20(26)23-21-24(3)19-17(22)5-4-6-18(19)30-21/h4-10,13-14H,11-12H2,1-3H3/t13-,14-/m1/s1. The zero-order valence-electron chi connectivity index (χ0n) is 17.3. The largest absolute Gasteiger partial charge is 0.373 e. The number of ether oxygens (including phenoxy) is 1. The number of thiazole rings is 1. The molecule has 1 aliphatic heterocycles. The zero-order valence-corrected chi connectivity index (χ0v) is 18.9. The third-order valence-electron chi connectivity index (χ3n) is 5.10. The van der Waals surface area contributed by atoms with Crippen molar-refractivity contribution in [1.82, 2.24) is 8.87 Å². The lowest BCUT2D eigenvalue weighted by Crippen LogP contribution is -2.48. The Morgan fingerprint density at radius 1 is 1.13 bits per heavy atom. The number of hydrogen-bond acceptors (Lipinski definition) is 5. The van der Waals surface area contributed by atoms with Gasteiger partial charge in [0.05, 0.1) is 27.3 Å². The summed E-state index contributed by atoms with van der Waals surface area (Å²) in [5, 5.41) is 0. The molecule has 0 saturated carbocycles. The van der Waals surface area contributed by atoms with Crippen LogP contribution < -0.4 is 4.80 Å². The number of nitrogens with zero attached hydrogens (tertiary/aromatic N) is 3. The molecule has 2 aromatic carbocycles. The molecular weight excluding hydrogens is 441 g/mol. The Bertz CT molecular complexity index is 1300. The van der Waals surface area contributed by atoms with Crippen LogP contribution in [0.1, 0.15) is 24.2 Å². The number of sulfonamides is 1. The van der Waals surface area contributed by atoms with E-state index in [9.17, 15) is 17.6 Å². The first-order chi connectivity index (χ1) is 14.7. The van der Waals surface area contributed by atoms with E-state index in [2.05, 4.69) is 4.99 Å². The Morgan fingerprint density at radius 2 is 1.77 bits per heavy atom. The number of para-hydroxylation sites is 1. The molecule has 10 heteroatoms. The lowest BCUT2D eigenvalue weighted by molar-refractivity contribution is -0.0440. The Kier molecular flexibility index (Phi) is 5.82. The van der Waals surface area contributed by atoms with Crippen molar-refractivity contribution in [2.75, 3.05) is 13.1 Å². The number of fused-ring (bicyclic) bond motifs is 1. The summed E-state index contributed by atoms with van der Waals surface area (Å²) >= 11 is 1.21. The first-order valence-electron chi connectivity index (χ1n) is 9.75. The van der Waals surface area contributed by atoms with Crippen molar-refractivity contribution in [2.45, 2.75) is 31.0 Å². The fourth-order valence-corrected chi connectivity index (χ4v) is 6.28. The summed E-state index contributed by atoms with van der Waals surface area (Å²) in [6, 6.07) is 10.4. The van der Waals surface area contributed by atoms with Gasteiger partial charge in [0.2, 0.25) is 10.0 Å². The highest BCUT2D eigenvalue weighted by molar-refractivity contribution is 7.89. The molecule has 0 aliphatic carbocycles. The molecule has 1 fully saturated rings. The van der Waals surface area contributed by atoms with Crippen LogP contribution in [0.15, 0.2) is 52.4 Å². The number of aromatic nitrogens is 1. The molecule has 31 heavy (non-hydrogen) atoms. The van der Waals surface area contributed by atoms with Crippen LogP contribution in [0.25, 0.3) is 10.2 Å². The van der Waals surface area contributed by atoms with E-state index in [1.807, 2.05) is 13.8 Å². The van der Waals surface area contributed by atoms with Crippen molar-refractivity contribution in [3.05, 3.63) is 58.6 Å². The Morgan fingerprint density at radius 3 is 2.39 bits per heavy atom. The van der Waals surface area contributed by atoms with Crippen molar-refractivity contribution >= 4 is 37.5 Å². The second-order valence-electron chi connectivity index (χ2n) is 7.55. The summed E-state index contributed by atoms with van der Waals surface area (Å²) in [5.74, 6) is -0.911. The molecule has 1 aliphatic rings. The zero-order chi connectivity index (χ0) is 22.3. The van der Waals surface area contributed by atoms with Crippen LogP contribution in [-0.4, -0.2) is 48.5 Å². The predicted octanol–water partition coefficient (Wildman–Crippen LogP) is 2.92. The molecule has 0 spiro atoms. The van der Waals surface area contributed by atoms with Gasteiger partial charge in [-0.15, -0.1) is 0 Å². The summed E-state index contributed by atoms with van der Waals surface area (Å²) in [7, 11) is -2.04. The van der Waals surface area contributed by atoms with E-state index in [0.29, 0.717) is 15.0 Å². The van der Waals surface area contributed by atoms with Gasteiger partial charge in [-0.25, -0.2) is 12.8 Å². The number of rotatable bonds is 3. The SMILES string of the molecule is C[C@@H]1CN(S(=O)(=O)c2ccc(C(=O)N=c3sc4cccc(F)c4n3C)cc2)C[C@@H](C)O1. The molecule has 0 radical (unpaired) electrons. The van der Waals surface area contributed by atoms with E-state index in [-0.39, 0.29) is 41.6 Å². The molecule has 1 saturated heterocycles. The van der Waals surface area contributed by atoms with Crippen molar-refractivity contribution in [2.24, 2.45) is 12.0 Å². The summed E-state index contributed by atoms with van der Waals surface area (Å²) in [5.41, 5.74) is 0.634. The van der Waals surface area contributed by atoms with Crippen LogP contribution >= 0.6 is 11.3 Å². The number of carbonyl (C=O) groups excluding carboxylic acids is 1. The lowest BCUT2D eigenvalue weighted by atomic mass is 10.2. The Hall–Kier alpha value is -2.40. The molecule has 0 bridgehead atoms. The summed E-state index contributed by atoms with van der Waals surface area (Å²) in [6.07, 6.45) is -0.380. The first-order valence-corrected chi connectivity index (χ1v) is 12.0. The van der Waals surface area contributed by atoms with Crippen molar-refractivity contribution in [3.63, 3.8) is 0 Å². The van der Waals surface area contributed by atoms with Crippen LogP contribution in [-0.2, 0) is 21.8 Å². The molecule has 1 aromatic heterocycles. The minimum Gasteiger partial charge on any atom is -0.373 e. The smallest absolute Gasteiger partial charge is 0.279 e. The second kappa shape index (κ2) is 8.27. The average molecular weight is 464 g/mol. The fourth-order valence-electron chi connectivity index (χ4n) is 3.66. The third kappa shape index (κ3) is 4.20. The van der Waals surface area contributed by atoms with Gasteiger partial charge in [0, 0.05) is 25.7 Å². The van der Waals surface area contributed by atoms with Gasteiger partial charge in [0.25, 0.3) is 5.91 Å². The molecule has 164 valence electrons. The normalized spacial score (nSPS) is 21.0. The third-order valence-corrected chi connectivity index (χ3v) is 8.04. The quantitative estimate of drug-likeness (QED) is 0.598. The van der Waals surface area contributed by atoms with Crippen LogP contribution in [0.2, 0.25) is 0 Å². The van der Waals surface area contributed by atoms with Crippen molar-refractivity contribution < 1.29 is 22.3 Å². The average Bonchev–Trinajstić information content (AvgIpc) is 3.04. The van der Waals surface area contributed by atoms with E-state index < -0.39 is 15.9 Å². The van der Waals surface area contributed by atoms with Crippen molar-refractivity contribution in [3.8, 4) is 0 Å². The van der Waals surface area contributed by atoms with Crippen LogP contribution in [0.3, 0.4) is 0 Å².